The van der Waals surface area contributed by atoms with Gasteiger partial charge in [0.1, 0.15) is 0 Å². The minimum atomic E-state index is -1.19. The van der Waals surface area contributed by atoms with E-state index >= 15 is 0 Å². The molecule has 2 aliphatic rings. The van der Waals surface area contributed by atoms with Crippen LogP contribution in [0.5, 0.6) is 0 Å². The van der Waals surface area contributed by atoms with Gasteiger partial charge >= 0.3 is 12.3 Å². The second-order valence-corrected chi connectivity index (χ2v) is 2.68. The number of cyclic esters (lactones) is 2. The third-order valence-corrected chi connectivity index (χ3v) is 1.72. The molecule has 1 fully saturated rings. The number of ether oxygens (including phenoxy) is 3. The van der Waals surface area contributed by atoms with E-state index in [1.807, 2.05) is 0 Å². The number of fused-ring (bicyclic) bond motifs is 1. The Morgan fingerprint density at radius 1 is 1.13 bits per heavy atom. The van der Waals surface area contributed by atoms with Crippen molar-refractivity contribution in [3.05, 3.63) is 29.2 Å². The van der Waals surface area contributed by atoms with Gasteiger partial charge in [0.2, 0.25) is 0 Å². The lowest BCUT2D eigenvalue weighted by Gasteiger charge is -2.06. The summed E-state index contributed by atoms with van der Waals surface area (Å²) in [6.45, 7) is 0. The van der Waals surface area contributed by atoms with E-state index in [1.54, 1.807) is 0 Å². The monoisotopic (exact) mass is 208 g/mol. The van der Waals surface area contributed by atoms with E-state index in [1.165, 1.54) is 12.2 Å². The third kappa shape index (κ3) is 1.77. The molecule has 1 aliphatic carbocycles. The molecule has 0 aromatic carbocycles. The molecule has 1 saturated heterocycles. The van der Waals surface area contributed by atoms with Crippen LogP contribution < -0.4 is 0 Å². The van der Waals surface area contributed by atoms with Crippen molar-refractivity contribution in [1.82, 2.24) is 0 Å². The van der Waals surface area contributed by atoms with Crippen molar-refractivity contribution < 1.29 is 28.6 Å². The summed E-state index contributed by atoms with van der Waals surface area (Å²) in [6.07, 6.45) is 0.632. The average Bonchev–Trinajstić information content (AvgIpc) is 2.33. The molecular weight excluding hydrogens is 204 g/mol. The third-order valence-electron chi connectivity index (χ3n) is 1.72. The number of carbonyl (C=O) groups excluding carboxylic acids is 2. The summed E-state index contributed by atoms with van der Waals surface area (Å²) >= 11 is 0. The van der Waals surface area contributed by atoms with Crippen LogP contribution in [0.25, 0.3) is 5.53 Å². The molecule has 0 unspecified atom stereocenters. The molecular formula is C8H4N2O5. The summed E-state index contributed by atoms with van der Waals surface area (Å²) in [5.74, 6) is 0.0446. The molecule has 0 radical (unpaired) electrons. The van der Waals surface area contributed by atoms with Gasteiger partial charge in [0, 0.05) is 0 Å². The van der Waals surface area contributed by atoms with Crippen LogP contribution in [-0.2, 0) is 14.2 Å². The standard InChI is InChI=1S/C8H4N2O5/c9-10-4-1-2-5-6(3-4)14-8(12)15-7(11)13-5/h2-3H,1H2. The molecule has 1 heterocycles. The fourth-order valence-electron chi connectivity index (χ4n) is 1.11. The highest BCUT2D eigenvalue weighted by Gasteiger charge is 2.30. The average molecular weight is 208 g/mol. The van der Waals surface area contributed by atoms with Crippen LogP contribution in [0.15, 0.2) is 23.7 Å². The van der Waals surface area contributed by atoms with E-state index in [-0.39, 0.29) is 23.7 Å². The van der Waals surface area contributed by atoms with Crippen molar-refractivity contribution in [1.29, 1.82) is 0 Å². The molecule has 76 valence electrons. The molecule has 0 spiro atoms. The number of allylic oxidation sites excluding steroid dienone is 2. The van der Waals surface area contributed by atoms with E-state index in [0.717, 1.165) is 0 Å². The molecule has 15 heavy (non-hydrogen) atoms. The maximum atomic E-state index is 10.8. The first-order valence-electron chi connectivity index (χ1n) is 3.93. The van der Waals surface area contributed by atoms with Gasteiger partial charge < -0.3 is 19.7 Å². The van der Waals surface area contributed by atoms with Crippen LogP contribution >= 0.6 is 0 Å². The predicted molar refractivity (Wildman–Crippen MR) is 43.5 cm³/mol. The molecule has 2 rings (SSSR count). The first-order valence-corrected chi connectivity index (χ1v) is 3.93. The zero-order chi connectivity index (χ0) is 10.8. The van der Waals surface area contributed by atoms with Gasteiger partial charge in [0.15, 0.2) is 11.5 Å². The Morgan fingerprint density at radius 3 is 2.47 bits per heavy atom. The van der Waals surface area contributed by atoms with Gasteiger partial charge in [0.05, 0.1) is 12.5 Å². The minimum absolute atomic E-state index is 0.0232. The Morgan fingerprint density at radius 2 is 1.80 bits per heavy atom. The molecule has 0 amide bonds. The quantitative estimate of drug-likeness (QED) is 0.257. The summed E-state index contributed by atoms with van der Waals surface area (Å²) in [5, 5.41) is 0. The Bertz CT molecular complexity index is 456. The number of hydrogen-bond acceptors (Lipinski definition) is 5. The molecule has 0 aromatic rings. The molecule has 0 bridgehead atoms. The summed E-state index contributed by atoms with van der Waals surface area (Å²) in [4.78, 5) is 24.6. The maximum absolute atomic E-state index is 10.8. The molecule has 0 saturated carbocycles. The van der Waals surface area contributed by atoms with Crippen LogP contribution in [-0.4, -0.2) is 22.8 Å². The summed E-state index contributed by atoms with van der Waals surface area (Å²) < 4.78 is 13.3. The Balaban J connectivity index is 2.38. The van der Waals surface area contributed by atoms with Crippen LogP contribution in [0, 0.1) is 0 Å². The largest absolute Gasteiger partial charge is 0.524 e. The van der Waals surface area contributed by atoms with Crippen LogP contribution in [0.1, 0.15) is 6.42 Å². The van der Waals surface area contributed by atoms with Crippen molar-refractivity contribution in [2.24, 2.45) is 0 Å². The van der Waals surface area contributed by atoms with Gasteiger partial charge in [-0.15, -0.1) is 0 Å². The van der Waals surface area contributed by atoms with Gasteiger partial charge in [-0.1, -0.05) is 0 Å². The molecule has 7 nitrogen and oxygen atoms in total. The molecule has 1 aliphatic heterocycles. The zero-order valence-electron chi connectivity index (χ0n) is 7.30. The number of nitrogens with zero attached hydrogens (tertiary/aromatic N) is 2. The number of rotatable bonds is 0. The van der Waals surface area contributed by atoms with E-state index in [4.69, 9.17) is 5.53 Å². The van der Waals surface area contributed by atoms with Crippen molar-refractivity contribution in [3.63, 3.8) is 0 Å². The topological polar surface area (TPSA) is 98.2 Å². The first kappa shape index (κ1) is 9.17. The summed E-state index contributed by atoms with van der Waals surface area (Å²) in [6, 6.07) is 0. The van der Waals surface area contributed by atoms with Crippen molar-refractivity contribution in [3.8, 4) is 0 Å². The van der Waals surface area contributed by atoms with Crippen LogP contribution in [0.2, 0.25) is 0 Å². The van der Waals surface area contributed by atoms with Crippen LogP contribution in [0.4, 0.5) is 9.59 Å². The van der Waals surface area contributed by atoms with Gasteiger partial charge in [0.25, 0.3) is 5.71 Å². The Labute approximate surface area is 83.1 Å². The lowest BCUT2D eigenvalue weighted by molar-refractivity contribution is -0.00585. The predicted octanol–water partition coefficient (Wildman–Crippen LogP) is 1.13. The highest BCUT2D eigenvalue weighted by Crippen LogP contribution is 2.23. The molecule has 0 aromatic heterocycles. The summed E-state index contributed by atoms with van der Waals surface area (Å²) in [7, 11) is 0. The lowest BCUT2D eigenvalue weighted by atomic mass is 10.1. The Hall–Kier alpha value is -2.40. The van der Waals surface area contributed by atoms with Crippen molar-refractivity contribution in [2.45, 2.75) is 6.42 Å². The second-order valence-electron chi connectivity index (χ2n) is 2.68. The number of hydrogen-bond donors (Lipinski definition) is 0. The normalized spacial score (nSPS) is 19.6. The van der Waals surface area contributed by atoms with Gasteiger partial charge in [-0.3, -0.25) is 0 Å². The van der Waals surface area contributed by atoms with Gasteiger partial charge in [-0.25, -0.2) is 9.59 Å². The minimum Gasteiger partial charge on any atom is -0.391 e. The van der Waals surface area contributed by atoms with Gasteiger partial charge in [-0.2, -0.15) is 4.79 Å². The number of carbonyl (C=O) groups is 2. The first-order chi connectivity index (χ1) is 7.19. The van der Waals surface area contributed by atoms with Crippen LogP contribution in [0.3, 0.4) is 0 Å². The fourth-order valence-corrected chi connectivity index (χ4v) is 1.11. The lowest BCUT2D eigenvalue weighted by Crippen LogP contribution is -2.08. The second kappa shape index (κ2) is 3.39. The smallest absolute Gasteiger partial charge is 0.391 e. The van der Waals surface area contributed by atoms with E-state index in [9.17, 15) is 9.59 Å². The van der Waals surface area contributed by atoms with E-state index in [2.05, 4.69) is 19.0 Å². The van der Waals surface area contributed by atoms with E-state index < -0.39 is 12.3 Å². The maximum Gasteiger partial charge on any atom is 0.524 e. The molecule has 0 atom stereocenters. The zero-order valence-corrected chi connectivity index (χ0v) is 7.30. The SMILES string of the molecule is [N-]=[N+]=C1C=C2OC(=O)OC(=O)OC2=CC1. The highest BCUT2D eigenvalue weighted by molar-refractivity contribution is 5.94. The van der Waals surface area contributed by atoms with Gasteiger partial charge in [-0.05, 0) is 6.08 Å². The highest BCUT2D eigenvalue weighted by atomic mass is 16.8. The fraction of sp³-hybridized carbons (Fsp3) is 0.125. The molecule has 7 heteroatoms. The van der Waals surface area contributed by atoms with E-state index in [0.29, 0.717) is 0 Å². The Kier molecular flexibility index (Phi) is 2.07. The van der Waals surface area contributed by atoms with Crippen molar-refractivity contribution >= 4 is 18.0 Å². The molecule has 0 N–H and O–H groups in total. The summed E-state index contributed by atoms with van der Waals surface area (Å²) in [5.41, 5.74) is 8.78. The van der Waals surface area contributed by atoms with Crippen molar-refractivity contribution in [2.75, 3.05) is 0 Å².